The van der Waals surface area contributed by atoms with Crippen molar-refractivity contribution in [3.05, 3.63) is 69.6 Å². The van der Waals surface area contributed by atoms with E-state index in [1.807, 2.05) is 4.31 Å². The van der Waals surface area contributed by atoms with Crippen LogP contribution in [0.15, 0.2) is 47.4 Å². The average Bonchev–Trinajstić information content (AvgIpc) is 3.73. The highest BCUT2D eigenvalue weighted by molar-refractivity contribution is 7.98. The Kier molecular flexibility index (Phi) is 7.89. The third-order valence-corrected chi connectivity index (χ3v) is 9.16. The second-order valence-electron chi connectivity index (χ2n) is 9.18. The molecule has 2 N–H and O–H groups in total. The minimum Gasteiger partial charge on any atom is -0.475 e. The number of ether oxygens (including phenoxy) is 1. The molecule has 3 aromatic rings. The van der Waals surface area contributed by atoms with Crippen LogP contribution in [-0.2, 0) is 27.2 Å². The molecule has 0 unspecified atom stereocenters. The molecule has 204 valence electrons. The lowest BCUT2D eigenvalue weighted by Crippen LogP contribution is -2.33. The van der Waals surface area contributed by atoms with Gasteiger partial charge in [0.2, 0.25) is 5.88 Å². The molecular weight excluding hydrogens is 545 g/mol. The van der Waals surface area contributed by atoms with Crippen molar-refractivity contribution in [2.45, 2.75) is 24.1 Å². The minimum atomic E-state index is -3.23. The summed E-state index contributed by atoms with van der Waals surface area (Å²) >= 11 is 1.53. The number of nitriles is 1. The molecule has 14 heteroatoms. The van der Waals surface area contributed by atoms with Crippen LogP contribution in [0, 0.1) is 11.3 Å². The van der Waals surface area contributed by atoms with E-state index < -0.39 is 19.6 Å². The molecule has 0 atom stereocenters. The first-order chi connectivity index (χ1) is 18.7. The standard InChI is InChI=1S/C25H26N5O7PS/c1-29-21-19(11-20(24(29)32)22(31)28-13-18-5-3-17(12-26)4-6-18)7-10-27-23(21)35-14-25(8-9-25)39-30-15-36-38(33,34-2)37-16-30/h3-7,10-11,33H,8-9,13-16H2,1-2H3/p+1. The summed E-state index contributed by atoms with van der Waals surface area (Å²) in [5, 5.41) is 12.3. The summed E-state index contributed by atoms with van der Waals surface area (Å²) in [6.07, 6.45) is 3.39. The fourth-order valence-electron chi connectivity index (χ4n) is 4.03. The van der Waals surface area contributed by atoms with Gasteiger partial charge in [-0.15, -0.1) is 9.05 Å². The molecule has 2 aliphatic rings. The second-order valence-corrected chi connectivity index (χ2v) is 12.6. The maximum atomic E-state index is 13.1. The van der Waals surface area contributed by atoms with Crippen molar-refractivity contribution in [1.82, 2.24) is 19.2 Å². The molecule has 12 nitrogen and oxygen atoms in total. The van der Waals surface area contributed by atoms with E-state index in [0.29, 0.717) is 29.0 Å². The number of fused-ring (bicyclic) bond motifs is 1. The number of hydrogen-bond donors (Lipinski definition) is 2. The largest absolute Gasteiger partial charge is 0.575 e. The zero-order chi connectivity index (χ0) is 27.6. The molecule has 0 spiro atoms. The lowest BCUT2D eigenvalue weighted by atomic mass is 10.1. The highest BCUT2D eigenvalue weighted by Crippen LogP contribution is 2.61. The van der Waals surface area contributed by atoms with Gasteiger partial charge in [0.05, 0.1) is 23.5 Å². The Bertz CT molecular complexity index is 1480. The van der Waals surface area contributed by atoms with Crippen LogP contribution in [0.2, 0.25) is 0 Å². The third kappa shape index (κ3) is 6.08. The lowest BCUT2D eigenvalue weighted by Gasteiger charge is -2.29. The van der Waals surface area contributed by atoms with Gasteiger partial charge in [0.1, 0.15) is 17.7 Å². The number of pyridine rings is 2. The second kappa shape index (κ2) is 11.2. The van der Waals surface area contributed by atoms with Crippen molar-refractivity contribution in [3.63, 3.8) is 0 Å². The van der Waals surface area contributed by atoms with Crippen molar-refractivity contribution in [2.24, 2.45) is 7.05 Å². The molecular formula is C25H27N5O7PS+. The zero-order valence-corrected chi connectivity index (χ0v) is 23.0. The van der Waals surface area contributed by atoms with Crippen molar-refractivity contribution in [1.29, 1.82) is 5.26 Å². The van der Waals surface area contributed by atoms with E-state index in [2.05, 4.69) is 16.4 Å². The monoisotopic (exact) mass is 572 g/mol. The maximum Gasteiger partial charge on any atom is 0.575 e. The summed E-state index contributed by atoms with van der Waals surface area (Å²) in [4.78, 5) is 40.4. The number of carbonyl (C=O) groups is 1. The molecule has 2 aromatic heterocycles. The molecule has 1 aromatic carbocycles. The predicted octanol–water partition coefficient (Wildman–Crippen LogP) is 2.87. The smallest absolute Gasteiger partial charge is 0.475 e. The molecule has 1 aliphatic heterocycles. The summed E-state index contributed by atoms with van der Waals surface area (Å²) in [5.41, 5.74) is 1.37. The zero-order valence-electron chi connectivity index (χ0n) is 21.3. The first-order valence-corrected chi connectivity index (χ1v) is 14.3. The highest BCUT2D eigenvalue weighted by atomic mass is 32.2. The van der Waals surface area contributed by atoms with Crippen molar-refractivity contribution >= 4 is 36.9 Å². The van der Waals surface area contributed by atoms with Crippen molar-refractivity contribution in [2.75, 3.05) is 27.2 Å². The van der Waals surface area contributed by atoms with Gasteiger partial charge < -0.3 is 14.6 Å². The average molecular weight is 573 g/mol. The van der Waals surface area contributed by atoms with Crippen LogP contribution >= 0.6 is 20.1 Å². The lowest BCUT2D eigenvalue weighted by molar-refractivity contribution is -0.00462. The molecule has 1 amide bonds. The molecule has 1 saturated carbocycles. The summed E-state index contributed by atoms with van der Waals surface area (Å²) in [6, 6.07) is 12.2. The number of nitrogens with zero attached hydrogens (tertiary/aromatic N) is 4. The van der Waals surface area contributed by atoms with Gasteiger partial charge in [-0.25, -0.2) is 4.98 Å². The number of nitrogens with one attached hydrogen (secondary N) is 1. The van der Waals surface area contributed by atoms with Gasteiger partial charge >= 0.3 is 8.17 Å². The SMILES string of the molecule is CO[P+]1(O)OCN(SC2(COc3nccc4cc(C(=O)NCc5ccc(C#N)cc5)c(=O)n(C)c34)CC2)CO1. The number of hydrogen-bond acceptors (Lipinski definition) is 11. The molecule has 1 aliphatic carbocycles. The Labute approximate surface area is 229 Å². The fraction of sp³-hybridized carbons (Fsp3) is 0.360. The van der Waals surface area contributed by atoms with Gasteiger partial charge in [-0.05, 0) is 42.7 Å². The fourth-order valence-corrected chi connectivity index (χ4v) is 6.19. The number of rotatable bonds is 9. The van der Waals surface area contributed by atoms with E-state index >= 15 is 0 Å². The van der Waals surface area contributed by atoms with E-state index in [9.17, 15) is 14.5 Å². The number of amides is 1. The van der Waals surface area contributed by atoms with Crippen molar-refractivity contribution < 1.29 is 28.0 Å². The number of aryl methyl sites for hydroxylation is 1. The van der Waals surface area contributed by atoms with Crippen LogP contribution in [0.3, 0.4) is 0 Å². The Morgan fingerprint density at radius 3 is 2.64 bits per heavy atom. The van der Waals surface area contributed by atoms with E-state index in [4.69, 9.17) is 23.6 Å². The van der Waals surface area contributed by atoms with Gasteiger partial charge in [-0.2, -0.15) is 19.0 Å². The summed E-state index contributed by atoms with van der Waals surface area (Å²) in [5.74, 6) is -0.197. The first-order valence-electron chi connectivity index (χ1n) is 12.0. The third-order valence-electron chi connectivity index (χ3n) is 6.44. The van der Waals surface area contributed by atoms with Crippen LogP contribution in [0.4, 0.5) is 0 Å². The summed E-state index contributed by atoms with van der Waals surface area (Å²) in [7, 11) is -0.309. The Morgan fingerprint density at radius 1 is 1.28 bits per heavy atom. The van der Waals surface area contributed by atoms with E-state index in [-0.39, 0.29) is 30.3 Å². The van der Waals surface area contributed by atoms with Crippen LogP contribution in [-0.4, -0.2) is 56.6 Å². The molecule has 5 rings (SSSR count). The molecule has 1 saturated heterocycles. The number of carbonyl (C=O) groups excluding carboxylic acids is 1. The van der Waals surface area contributed by atoms with Gasteiger partial charge in [-0.1, -0.05) is 24.1 Å². The Morgan fingerprint density at radius 2 is 2.00 bits per heavy atom. The molecule has 2 fully saturated rings. The van der Waals surface area contributed by atoms with Gasteiger partial charge in [-0.3, -0.25) is 9.59 Å². The Balaban J connectivity index is 1.27. The van der Waals surface area contributed by atoms with E-state index in [1.54, 1.807) is 49.6 Å². The van der Waals surface area contributed by atoms with E-state index in [1.165, 1.54) is 23.6 Å². The van der Waals surface area contributed by atoms with Gasteiger partial charge in [0.25, 0.3) is 11.5 Å². The number of benzene rings is 1. The number of aromatic nitrogens is 2. The highest BCUT2D eigenvalue weighted by Gasteiger charge is 2.52. The quantitative estimate of drug-likeness (QED) is 0.288. The minimum absolute atomic E-state index is 0.00831. The van der Waals surface area contributed by atoms with Crippen LogP contribution in [0.25, 0.3) is 10.9 Å². The van der Waals surface area contributed by atoms with Crippen LogP contribution < -0.4 is 15.6 Å². The maximum absolute atomic E-state index is 13.1. The van der Waals surface area contributed by atoms with Crippen LogP contribution in [0.5, 0.6) is 5.88 Å². The normalized spacial score (nSPS) is 17.9. The molecule has 0 radical (unpaired) electrons. The molecule has 39 heavy (non-hydrogen) atoms. The van der Waals surface area contributed by atoms with Gasteiger partial charge in [0.15, 0.2) is 13.5 Å². The summed E-state index contributed by atoms with van der Waals surface area (Å²) in [6.45, 7) is 0.865. The van der Waals surface area contributed by atoms with Crippen LogP contribution in [0.1, 0.15) is 34.3 Å². The van der Waals surface area contributed by atoms with Crippen molar-refractivity contribution in [3.8, 4) is 11.9 Å². The van der Waals surface area contributed by atoms with Gasteiger partial charge in [0, 0.05) is 25.2 Å². The predicted molar refractivity (Wildman–Crippen MR) is 144 cm³/mol. The molecule has 0 bridgehead atoms. The first kappa shape index (κ1) is 27.5. The molecule has 3 heterocycles. The summed E-state index contributed by atoms with van der Waals surface area (Å²) < 4.78 is 24.7. The topological polar surface area (TPSA) is 148 Å². The Hall–Kier alpha value is -3.08. The van der Waals surface area contributed by atoms with E-state index in [0.717, 1.165) is 18.4 Å².